The number of piperidine rings is 1. The Kier molecular flexibility index (Phi) is 17.2. The lowest BCUT2D eigenvalue weighted by atomic mass is 10.1. The molecule has 0 radical (unpaired) electrons. The fraction of sp³-hybridized carbons (Fsp3) is 0.581. The molecule has 6 rings (SSSR count). The van der Waals surface area contributed by atoms with Crippen LogP contribution in [0.3, 0.4) is 0 Å². The maximum absolute atomic E-state index is 10.5. The first kappa shape index (κ1) is 31.5. The van der Waals surface area contributed by atoms with Gasteiger partial charge < -0.3 is 19.3 Å². The molecule has 0 bridgehead atoms. The van der Waals surface area contributed by atoms with Gasteiger partial charge in [0.25, 0.3) is 0 Å². The van der Waals surface area contributed by atoms with Gasteiger partial charge in [-0.25, -0.2) is 0 Å². The lowest BCUT2D eigenvalue weighted by molar-refractivity contribution is -0.126. The number of aryl methyl sites for hydroxylation is 2. The van der Waals surface area contributed by atoms with Gasteiger partial charge in [-0.05, 0) is 81.9 Å². The largest absolute Gasteiger partial charge is 0.454 e. The number of ether oxygens (including phenoxy) is 2. The fourth-order valence-electron chi connectivity index (χ4n) is 4.19. The molecular formula is C31H50N2O3. The van der Waals surface area contributed by atoms with E-state index in [2.05, 4.69) is 36.2 Å². The highest BCUT2D eigenvalue weighted by atomic mass is 16.7. The molecule has 2 aromatic carbocycles. The van der Waals surface area contributed by atoms with Crippen molar-refractivity contribution in [3.05, 3.63) is 59.7 Å². The molecule has 0 unspecified atom stereocenters. The smallest absolute Gasteiger partial charge is 0.231 e. The van der Waals surface area contributed by atoms with Gasteiger partial charge in [-0.1, -0.05) is 70.5 Å². The van der Waals surface area contributed by atoms with Crippen molar-refractivity contribution in [3.8, 4) is 11.5 Å². The summed E-state index contributed by atoms with van der Waals surface area (Å²) in [6.45, 7) is 12.0. The first-order valence-corrected chi connectivity index (χ1v) is 14.0. The molecule has 36 heavy (non-hydrogen) atoms. The second-order valence-corrected chi connectivity index (χ2v) is 8.76. The van der Waals surface area contributed by atoms with Crippen LogP contribution in [0.25, 0.3) is 0 Å². The summed E-state index contributed by atoms with van der Waals surface area (Å²) in [6.07, 6.45) is 10.1. The van der Waals surface area contributed by atoms with Crippen LogP contribution in [0.1, 0.15) is 77.3 Å². The minimum absolute atomic E-state index is 0.292. The number of rotatable bonds is 0. The minimum Gasteiger partial charge on any atom is -0.454 e. The molecule has 0 N–H and O–H groups in total. The summed E-state index contributed by atoms with van der Waals surface area (Å²) in [7, 11) is 4.04. The van der Waals surface area contributed by atoms with Crippen LogP contribution < -0.4 is 9.47 Å². The van der Waals surface area contributed by atoms with Crippen LogP contribution in [0.5, 0.6) is 11.5 Å². The molecule has 3 heterocycles. The number of carbonyl (C=O) groups excluding carboxylic acids is 1. The third-order valence-electron chi connectivity index (χ3n) is 6.18. The van der Waals surface area contributed by atoms with Crippen LogP contribution in [-0.2, 0) is 17.6 Å². The molecular weight excluding hydrogens is 448 g/mol. The molecule has 4 aliphatic rings. The molecule has 1 amide bonds. The van der Waals surface area contributed by atoms with E-state index in [1.807, 2.05) is 59.0 Å². The Bertz CT molecular complexity index is 739. The van der Waals surface area contributed by atoms with Gasteiger partial charge >= 0.3 is 0 Å². The summed E-state index contributed by atoms with van der Waals surface area (Å²) < 4.78 is 10.2. The van der Waals surface area contributed by atoms with Crippen molar-refractivity contribution in [1.29, 1.82) is 0 Å². The lowest BCUT2D eigenvalue weighted by Crippen LogP contribution is -2.24. The number of fused-ring (bicyclic) bond motifs is 2. The zero-order valence-corrected chi connectivity index (χ0v) is 23.7. The number of benzene rings is 2. The maximum atomic E-state index is 10.5. The number of amides is 1. The molecule has 1 aliphatic carbocycles. The molecule has 0 spiro atoms. The first-order chi connectivity index (χ1) is 17.6. The first-order valence-electron chi connectivity index (χ1n) is 14.0. The van der Waals surface area contributed by atoms with Crippen molar-refractivity contribution >= 4 is 5.91 Å². The molecule has 0 aromatic heterocycles. The number of likely N-dealkylation sites (tertiary alicyclic amines) is 2. The van der Waals surface area contributed by atoms with Crippen LogP contribution in [0.15, 0.2) is 48.5 Å². The molecule has 2 saturated heterocycles. The summed E-state index contributed by atoms with van der Waals surface area (Å²) >= 11 is 0. The van der Waals surface area contributed by atoms with Crippen molar-refractivity contribution in [2.45, 2.75) is 79.1 Å². The molecule has 2 fully saturated rings. The van der Waals surface area contributed by atoms with E-state index in [4.69, 9.17) is 9.47 Å². The Hall–Kier alpha value is -2.53. The van der Waals surface area contributed by atoms with Crippen molar-refractivity contribution in [3.63, 3.8) is 0 Å². The van der Waals surface area contributed by atoms with E-state index in [-0.39, 0.29) is 0 Å². The fourth-order valence-corrected chi connectivity index (χ4v) is 4.19. The van der Waals surface area contributed by atoms with Gasteiger partial charge in [-0.3, -0.25) is 4.79 Å². The van der Waals surface area contributed by atoms with Crippen molar-refractivity contribution in [2.75, 3.05) is 40.5 Å². The normalized spacial score (nSPS) is 16.7. The van der Waals surface area contributed by atoms with Crippen molar-refractivity contribution < 1.29 is 14.3 Å². The molecule has 0 saturated carbocycles. The summed E-state index contributed by atoms with van der Waals surface area (Å²) in [5.74, 6) is 1.98. The van der Waals surface area contributed by atoms with Gasteiger partial charge in [0.15, 0.2) is 11.5 Å². The Morgan fingerprint density at radius 1 is 0.611 bits per heavy atom. The van der Waals surface area contributed by atoms with Gasteiger partial charge in [0.1, 0.15) is 0 Å². The summed E-state index contributed by atoms with van der Waals surface area (Å²) in [5.41, 5.74) is 3.13. The molecule has 3 aliphatic heterocycles. The van der Waals surface area contributed by atoms with E-state index in [0.717, 1.165) is 30.9 Å². The number of hydrogen-bond donors (Lipinski definition) is 0. The van der Waals surface area contributed by atoms with Gasteiger partial charge in [0.05, 0.1) is 0 Å². The van der Waals surface area contributed by atoms with E-state index >= 15 is 0 Å². The van der Waals surface area contributed by atoms with E-state index in [1.54, 1.807) is 16.0 Å². The van der Waals surface area contributed by atoms with E-state index in [1.165, 1.54) is 51.6 Å². The topological polar surface area (TPSA) is 42.0 Å². The Balaban J connectivity index is 0.000000231. The van der Waals surface area contributed by atoms with Gasteiger partial charge in [-0.15, -0.1) is 0 Å². The molecule has 5 heteroatoms. The van der Waals surface area contributed by atoms with E-state index in [0.29, 0.717) is 12.7 Å². The highest BCUT2D eigenvalue weighted by Gasteiger charge is 2.14. The Morgan fingerprint density at radius 3 is 1.47 bits per heavy atom. The van der Waals surface area contributed by atoms with Crippen molar-refractivity contribution in [2.24, 2.45) is 0 Å². The lowest BCUT2D eigenvalue weighted by Gasteiger charge is -2.20. The third-order valence-corrected chi connectivity index (χ3v) is 6.18. The Labute approximate surface area is 220 Å². The average molecular weight is 499 g/mol. The second-order valence-electron chi connectivity index (χ2n) is 8.76. The molecule has 0 atom stereocenters. The van der Waals surface area contributed by atoms with Gasteiger partial charge in [0, 0.05) is 20.0 Å². The standard InChI is InChI=1S/C9H10.C7H6O2.C6H13N.C5H9NO.2C2H6/c1-2-5-9-7-3-6-8(9)4-1;1-2-4-7-6(3-1)8-5-9-7;1-7-5-3-2-4-6-7;1-6-4-2-3-5(6)7;2*1-2/h1-2,4-5H,3,6-7H2;1-4H,5H2;2-6H2,1H3;2-4H2,1H3;2*1-2H3. The summed E-state index contributed by atoms with van der Waals surface area (Å²) in [4.78, 5) is 14.7. The van der Waals surface area contributed by atoms with E-state index < -0.39 is 0 Å². The van der Waals surface area contributed by atoms with Crippen LogP contribution in [0.2, 0.25) is 0 Å². The zero-order chi connectivity index (χ0) is 26.6. The monoisotopic (exact) mass is 498 g/mol. The quantitative estimate of drug-likeness (QED) is 0.393. The van der Waals surface area contributed by atoms with Crippen LogP contribution in [0.4, 0.5) is 0 Å². The second kappa shape index (κ2) is 19.6. The minimum atomic E-state index is 0.292. The number of nitrogens with zero attached hydrogens (tertiary/aromatic N) is 2. The van der Waals surface area contributed by atoms with E-state index in [9.17, 15) is 4.79 Å². The molecule has 202 valence electrons. The average Bonchev–Trinajstić information content (AvgIpc) is 3.70. The van der Waals surface area contributed by atoms with Crippen LogP contribution >= 0.6 is 0 Å². The molecule has 5 nitrogen and oxygen atoms in total. The summed E-state index contributed by atoms with van der Waals surface area (Å²) in [5, 5.41) is 0. The van der Waals surface area contributed by atoms with Crippen molar-refractivity contribution in [1.82, 2.24) is 9.80 Å². The highest BCUT2D eigenvalue weighted by Crippen LogP contribution is 2.30. The SMILES string of the molecule is CC.CC.CN1CCCC1=O.CN1CCCCC1.c1ccc2c(c1)CCC2.c1ccc2c(c1)OCO2. The number of para-hydroxylation sites is 2. The zero-order valence-electron chi connectivity index (χ0n) is 23.7. The number of carbonyl (C=O) groups is 1. The van der Waals surface area contributed by atoms with Crippen LogP contribution in [0, 0.1) is 0 Å². The van der Waals surface area contributed by atoms with Gasteiger partial charge in [-0.2, -0.15) is 0 Å². The van der Waals surface area contributed by atoms with Crippen LogP contribution in [-0.4, -0.2) is 56.2 Å². The third kappa shape index (κ3) is 11.9. The highest BCUT2D eigenvalue weighted by molar-refractivity contribution is 5.77. The maximum Gasteiger partial charge on any atom is 0.231 e. The number of hydrogen-bond acceptors (Lipinski definition) is 4. The molecule has 2 aromatic rings. The Morgan fingerprint density at radius 2 is 1.11 bits per heavy atom. The summed E-state index contributed by atoms with van der Waals surface area (Å²) in [6, 6.07) is 16.4. The predicted molar refractivity (Wildman–Crippen MR) is 152 cm³/mol. The predicted octanol–water partition coefficient (Wildman–Crippen LogP) is 6.98. The van der Waals surface area contributed by atoms with Gasteiger partial charge in [0.2, 0.25) is 12.7 Å².